The van der Waals surface area contributed by atoms with Crippen LogP contribution in [-0.2, 0) is 0 Å². The van der Waals surface area contributed by atoms with Gasteiger partial charge in [-0.15, -0.1) is 0 Å². The van der Waals surface area contributed by atoms with Crippen LogP contribution in [-0.4, -0.2) is 42.3 Å². The van der Waals surface area contributed by atoms with Gasteiger partial charge in [-0.05, 0) is 37.5 Å². The zero-order valence-electron chi connectivity index (χ0n) is 9.89. The van der Waals surface area contributed by atoms with Crippen LogP contribution in [0.15, 0.2) is 12.1 Å². The highest BCUT2D eigenvalue weighted by atomic mass is 16.5. The number of piperidine rings is 1. The zero-order valence-corrected chi connectivity index (χ0v) is 9.89. The molecule has 1 aromatic rings. The Hall–Kier alpha value is -1.11. The van der Waals surface area contributed by atoms with Crippen LogP contribution in [0.25, 0.3) is 0 Å². The van der Waals surface area contributed by atoms with Crippen molar-refractivity contribution in [3.8, 4) is 5.88 Å². The molecule has 92 valence electrons. The van der Waals surface area contributed by atoms with E-state index < -0.39 is 7.12 Å². The van der Waals surface area contributed by atoms with Gasteiger partial charge in [-0.3, -0.25) is 0 Å². The van der Waals surface area contributed by atoms with E-state index in [9.17, 15) is 10.0 Å². The molecular weight excluding hydrogens is 219 g/mol. The van der Waals surface area contributed by atoms with E-state index in [2.05, 4.69) is 10.3 Å². The van der Waals surface area contributed by atoms with Gasteiger partial charge < -0.3 is 20.1 Å². The molecule has 0 bridgehead atoms. The minimum atomic E-state index is -1.48. The first-order chi connectivity index (χ1) is 8.20. The lowest BCUT2D eigenvalue weighted by molar-refractivity contribution is 0.388. The Labute approximate surface area is 101 Å². The third-order valence-electron chi connectivity index (χ3n) is 3.11. The fourth-order valence-electron chi connectivity index (χ4n) is 2.13. The maximum atomic E-state index is 9.23. The molecule has 1 saturated heterocycles. The molecule has 1 aromatic heterocycles. The molecule has 0 spiro atoms. The first kappa shape index (κ1) is 12.4. The number of nitrogens with zero attached hydrogens (tertiary/aromatic N) is 1. The van der Waals surface area contributed by atoms with Gasteiger partial charge in [0.05, 0.1) is 7.11 Å². The Balaban J connectivity index is 2.28. The molecule has 0 atom stereocenters. The largest absolute Gasteiger partial charge is 0.488 e. The second-order valence-electron chi connectivity index (χ2n) is 4.27. The maximum Gasteiger partial charge on any atom is 0.488 e. The molecule has 0 aliphatic carbocycles. The van der Waals surface area contributed by atoms with Gasteiger partial charge in [0, 0.05) is 17.7 Å². The molecule has 0 aromatic carbocycles. The number of rotatable bonds is 3. The molecule has 1 aliphatic rings. The molecule has 0 amide bonds. The molecule has 3 N–H and O–H groups in total. The van der Waals surface area contributed by atoms with Crippen LogP contribution in [0.2, 0.25) is 0 Å². The number of hydrogen-bond acceptors (Lipinski definition) is 5. The topological polar surface area (TPSA) is 74.6 Å². The Kier molecular flexibility index (Phi) is 3.99. The lowest BCUT2D eigenvalue weighted by Crippen LogP contribution is -2.32. The van der Waals surface area contributed by atoms with Crippen molar-refractivity contribution in [2.24, 2.45) is 0 Å². The Morgan fingerprint density at radius 1 is 1.35 bits per heavy atom. The molecule has 0 radical (unpaired) electrons. The smallest absolute Gasteiger partial charge is 0.481 e. The van der Waals surface area contributed by atoms with Crippen molar-refractivity contribution in [1.82, 2.24) is 10.3 Å². The van der Waals surface area contributed by atoms with Gasteiger partial charge in [-0.2, -0.15) is 0 Å². The lowest BCUT2D eigenvalue weighted by atomic mass is 9.79. The lowest BCUT2D eigenvalue weighted by Gasteiger charge is -2.22. The molecule has 1 aliphatic heterocycles. The normalized spacial score (nSPS) is 16.9. The highest BCUT2D eigenvalue weighted by Crippen LogP contribution is 2.24. The van der Waals surface area contributed by atoms with Crippen molar-refractivity contribution in [1.29, 1.82) is 0 Å². The average molecular weight is 236 g/mol. The summed E-state index contributed by atoms with van der Waals surface area (Å²) in [6.45, 7) is 1.95. The van der Waals surface area contributed by atoms with Gasteiger partial charge in [0.1, 0.15) is 0 Å². The van der Waals surface area contributed by atoms with Crippen LogP contribution in [0.5, 0.6) is 5.88 Å². The molecular formula is C11H17BN2O3. The van der Waals surface area contributed by atoms with Crippen molar-refractivity contribution in [2.75, 3.05) is 20.2 Å². The predicted octanol–water partition coefficient (Wildman–Crippen LogP) is -0.763. The van der Waals surface area contributed by atoms with E-state index in [0.29, 0.717) is 17.3 Å². The summed E-state index contributed by atoms with van der Waals surface area (Å²) in [6.07, 6.45) is 2.03. The minimum Gasteiger partial charge on any atom is -0.481 e. The summed E-state index contributed by atoms with van der Waals surface area (Å²) in [5.74, 6) is 0.799. The summed E-state index contributed by atoms with van der Waals surface area (Å²) < 4.78 is 5.09. The van der Waals surface area contributed by atoms with E-state index in [1.54, 1.807) is 12.1 Å². The van der Waals surface area contributed by atoms with Gasteiger partial charge in [-0.25, -0.2) is 4.98 Å². The second-order valence-corrected chi connectivity index (χ2v) is 4.27. The van der Waals surface area contributed by atoms with Crippen molar-refractivity contribution in [3.05, 3.63) is 17.8 Å². The van der Waals surface area contributed by atoms with Crippen LogP contribution < -0.4 is 15.5 Å². The molecule has 0 unspecified atom stereocenters. The molecule has 17 heavy (non-hydrogen) atoms. The Morgan fingerprint density at radius 2 is 2.06 bits per heavy atom. The number of ether oxygens (including phenoxy) is 1. The molecule has 2 heterocycles. The quantitative estimate of drug-likeness (QED) is 0.601. The summed E-state index contributed by atoms with van der Waals surface area (Å²) in [7, 11) is 0.0505. The van der Waals surface area contributed by atoms with Crippen LogP contribution in [0.1, 0.15) is 24.5 Å². The van der Waals surface area contributed by atoms with Gasteiger partial charge in [-0.1, -0.05) is 0 Å². The van der Waals surface area contributed by atoms with Gasteiger partial charge in [0.15, 0.2) is 0 Å². The summed E-state index contributed by atoms with van der Waals surface area (Å²) >= 11 is 0. The van der Waals surface area contributed by atoms with E-state index in [1.807, 2.05) is 0 Å². The minimum absolute atomic E-state index is 0.365. The van der Waals surface area contributed by atoms with Gasteiger partial charge in [0.2, 0.25) is 5.88 Å². The van der Waals surface area contributed by atoms with E-state index in [-0.39, 0.29) is 0 Å². The fraction of sp³-hybridized carbons (Fsp3) is 0.545. The van der Waals surface area contributed by atoms with E-state index in [0.717, 1.165) is 31.6 Å². The predicted molar refractivity (Wildman–Crippen MR) is 65.5 cm³/mol. The SMILES string of the molecule is COc1cc(B(O)O)cc(C2CCNCC2)n1. The van der Waals surface area contributed by atoms with Crippen molar-refractivity contribution < 1.29 is 14.8 Å². The first-order valence-corrected chi connectivity index (χ1v) is 5.83. The van der Waals surface area contributed by atoms with Crippen LogP contribution >= 0.6 is 0 Å². The molecule has 5 nitrogen and oxygen atoms in total. The molecule has 0 saturated carbocycles. The van der Waals surface area contributed by atoms with E-state index >= 15 is 0 Å². The van der Waals surface area contributed by atoms with Crippen LogP contribution in [0, 0.1) is 0 Å². The summed E-state index contributed by atoms with van der Waals surface area (Å²) in [5.41, 5.74) is 1.32. The number of methoxy groups -OCH3 is 1. The number of hydrogen-bond donors (Lipinski definition) is 3. The summed E-state index contributed by atoms with van der Waals surface area (Å²) in [4.78, 5) is 4.39. The standard InChI is InChI=1S/C11H17BN2O3/c1-17-11-7-9(12(15)16)6-10(14-11)8-2-4-13-5-3-8/h6-8,13,15-16H,2-5H2,1H3. The molecule has 1 fully saturated rings. The summed E-state index contributed by atoms with van der Waals surface area (Å²) in [6, 6.07) is 3.30. The first-order valence-electron chi connectivity index (χ1n) is 5.83. The van der Waals surface area contributed by atoms with Crippen molar-refractivity contribution >= 4 is 12.6 Å². The van der Waals surface area contributed by atoms with Crippen LogP contribution in [0.3, 0.4) is 0 Å². The average Bonchev–Trinajstić information content (AvgIpc) is 2.39. The molecule has 6 heteroatoms. The third kappa shape index (κ3) is 2.97. The number of nitrogens with one attached hydrogen (secondary N) is 1. The number of aromatic nitrogens is 1. The highest BCUT2D eigenvalue weighted by molar-refractivity contribution is 6.58. The number of pyridine rings is 1. The molecule has 2 rings (SSSR count). The van der Waals surface area contributed by atoms with Crippen LogP contribution in [0.4, 0.5) is 0 Å². The van der Waals surface area contributed by atoms with Crippen molar-refractivity contribution in [2.45, 2.75) is 18.8 Å². The Morgan fingerprint density at radius 3 is 2.65 bits per heavy atom. The van der Waals surface area contributed by atoms with E-state index in [4.69, 9.17) is 4.74 Å². The van der Waals surface area contributed by atoms with Crippen molar-refractivity contribution in [3.63, 3.8) is 0 Å². The summed E-state index contributed by atoms with van der Waals surface area (Å²) in [5, 5.41) is 21.7. The second kappa shape index (κ2) is 5.49. The third-order valence-corrected chi connectivity index (χ3v) is 3.11. The Bertz CT molecular complexity index is 381. The van der Waals surface area contributed by atoms with Gasteiger partial charge >= 0.3 is 7.12 Å². The fourth-order valence-corrected chi connectivity index (χ4v) is 2.13. The van der Waals surface area contributed by atoms with Gasteiger partial charge in [0.25, 0.3) is 0 Å². The highest BCUT2D eigenvalue weighted by Gasteiger charge is 2.20. The van der Waals surface area contributed by atoms with E-state index in [1.165, 1.54) is 7.11 Å². The maximum absolute atomic E-state index is 9.23. The zero-order chi connectivity index (χ0) is 12.3. The monoisotopic (exact) mass is 236 g/mol.